The third-order valence-electron chi connectivity index (χ3n) is 6.07. The van der Waals surface area contributed by atoms with E-state index in [1.54, 1.807) is 0 Å². The Morgan fingerprint density at radius 3 is 2.00 bits per heavy atom. The van der Waals surface area contributed by atoms with E-state index in [9.17, 15) is 0 Å². The molecule has 0 nitrogen and oxygen atoms in total. The maximum Gasteiger partial charge on any atom is -0.0253 e. The Balaban J connectivity index is 0.000000262. The van der Waals surface area contributed by atoms with E-state index in [0.717, 1.165) is 6.42 Å². The van der Waals surface area contributed by atoms with Crippen LogP contribution in [-0.4, -0.2) is 3.71 Å². The van der Waals surface area contributed by atoms with Crippen molar-refractivity contribution in [3.05, 3.63) is 124 Å². The standard InChI is InChI=1S/C13H9.C11H14.C8H11.2ClH.Zr/c1-3-7-12-10(5-1)9-11-6-2-4-8-13(11)12;1-9-5-7-10(8-6-9)11(2,3)4;1-6-4-7(2)8(3)5-6;;;/h1-5,7-8H,9H2;1,5-8H,2-4H3;4-5H,1-3H3;2*1H;/q-1;;-1;;;+2/p-2. The normalized spacial score (nSPS) is 10.7. The zero-order chi connectivity index (χ0) is 24.0. The third-order valence-corrected chi connectivity index (χ3v) is 6.89. The monoisotopic (exact) mass is 578 g/mol. The molecule has 0 atom stereocenters. The van der Waals surface area contributed by atoms with Gasteiger partial charge in [-0.25, -0.2) is 6.07 Å². The molecule has 1 aliphatic rings. The topological polar surface area (TPSA) is 0 Å². The molecule has 182 valence electrons. The van der Waals surface area contributed by atoms with Crippen LogP contribution in [0.4, 0.5) is 0 Å². The van der Waals surface area contributed by atoms with Crippen LogP contribution in [-0.2, 0) is 36.1 Å². The van der Waals surface area contributed by atoms with Crippen LogP contribution in [0, 0.1) is 26.8 Å². The van der Waals surface area contributed by atoms with Gasteiger partial charge in [-0.15, -0.1) is 5.56 Å². The van der Waals surface area contributed by atoms with Crippen molar-refractivity contribution in [1.82, 2.24) is 0 Å². The van der Waals surface area contributed by atoms with Gasteiger partial charge in [-0.1, -0.05) is 56.2 Å². The Labute approximate surface area is 239 Å². The molecule has 0 unspecified atom stereocenters. The van der Waals surface area contributed by atoms with Gasteiger partial charge in [0.15, 0.2) is 0 Å². The van der Waals surface area contributed by atoms with E-state index in [1.165, 1.54) is 74.3 Å². The van der Waals surface area contributed by atoms with Crippen LogP contribution >= 0.6 is 0 Å². The van der Waals surface area contributed by atoms with Crippen molar-refractivity contribution in [2.45, 2.75) is 53.4 Å². The first-order valence-corrected chi connectivity index (χ1v) is 13.0. The number of rotatable bonds is 1. The van der Waals surface area contributed by atoms with Gasteiger partial charge in [-0.3, -0.25) is 0 Å². The second kappa shape index (κ2) is 14.2. The first-order valence-electron chi connectivity index (χ1n) is 11.6. The number of benzene rings is 3. The molecule has 0 fully saturated rings. The average molecular weight is 581 g/mol. The molecule has 5 rings (SSSR count). The molecule has 4 aromatic carbocycles. The fraction of sp³-hybridized carbons (Fsp3) is 0.250. The fourth-order valence-corrected chi connectivity index (χ4v) is 4.50. The molecule has 1 aliphatic carbocycles. The van der Waals surface area contributed by atoms with Gasteiger partial charge in [0.25, 0.3) is 0 Å². The molecule has 0 spiro atoms. The van der Waals surface area contributed by atoms with E-state index in [-0.39, 0.29) is 30.2 Å². The van der Waals surface area contributed by atoms with Gasteiger partial charge in [-0.2, -0.15) is 52.6 Å². The number of aryl methyl sites for hydroxylation is 3. The van der Waals surface area contributed by atoms with Gasteiger partial charge in [0.05, 0.1) is 0 Å². The predicted molar refractivity (Wildman–Crippen MR) is 140 cm³/mol. The molecule has 0 radical (unpaired) electrons. The number of halogens is 2. The van der Waals surface area contributed by atoms with Crippen LogP contribution in [0.25, 0.3) is 11.1 Å². The summed E-state index contributed by atoms with van der Waals surface area (Å²) in [7, 11) is 0. The summed E-state index contributed by atoms with van der Waals surface area (Å²) in [6.07, 6.45) is 1.05. The summed E-state index contributed by atoms with van der Waals surface area (Å²) in [6.45, 7) is 13.1. The van der Waals surface area contributed by atoms with Gasteiger partial charge in [0, 0.05) is 0 Å². The summed E-state index contributed by atoms with van der Waals surface area (Å²) in [5.74, 6) is 0. The SMILES string of the molecule is CC(C)(C)c1ccc([CH]=[Zr+2])cc1.Cc1cc(C)c(C)[cH-]1.[Cl-].[Cl-].[c-]1cccc2c1Cc1ccccc1-2. The van der Waals surface area contributed by atoms with Gasteiger partial charge >= 0.3 is 89.5 Å². The number of fused-ring (bicyclic) bond motifs is 3. The van der Waals surface area contributed by atoms with Gasteiger partial charge in [0.1, 0.15) is 0 Å². The molecule has 35 heavy (non-hydrogen) atoms. The molecule has 0 saturated carbocycles. The molecule has 0 heterocycles. The molecule has 0 saturated heterocycles. The summed E-state index contributed by atoms with van der Waals surface area (Å²) in [4.78, 5) is 0. The minimum absolute atomic E-state index is 0. The molecular formula is C32H34Cl2Zr-2. The summed E-state index contributed by atoms with van der Waals surface area (Å²) < 4.78 is 2.21. The van der Waals surface area contributed by atoms with E-state index in [4.69, 9.17) is 0 Å². The first kappa shape index (κ1) is 31.4. The second-order valence-electron chi connectivity index (χ2n) is 9.81. The molecule has 0 N–H and O–H groups in total. The van der Waals surface area contributed by atoms with Crippen LogP contribution in [0.1, 0.15) is 59.7 Å². The van der Waals surface area contributed by atoms with Gasteiger partial charge in [0.2, 0.25) is 0 Å². The summed E-state index contributed by atoms with van der Waals surface area (Å²) >= 11 is 1.46. The molecule has 0 aromatic heterocycles. The largest absolute Gasteiger partial charge is 1.00 e. The Kier molecular flexibility index (Phi) is 12.7. The van der Waals surface area contributed by atoms with Crippen molar-refractivity contribution in [3.8, 4) is 11.1 Å². The fourth-order valence-electron chi connectivity index (χ4n) is 4.03. The van der Waals surface area contributed by atoms with E-state index >= 15 is 0 Å². The van der Waals surface area contributed by atoms with Crippen LogP contribution in [0.15, 0.2) is 78.9 Å². The van der Waals surface area contributed by atoms with Crippen molar-refractivity contribution < 1.29 is 49.0 Å². The van der Waals surface area contributed by atoms with Crippen LogP contribution in [0.5, 0.6) is 0 Å². The first-order chi connectivity index (χ1) is 15.7. The maximum absolute atomic E-state index is 3.30. The Morgan fingerprint density at radius 2 is 1.49 bits per heavy atom. The minimum Gasteiger partial charge on any atom is -1.00 e. The van der Waals surface area contributed by atoms with Crippen molar-refractivity contribution in [2.24, 2.45) is 0 Å². The van der Waals surface area contributed by atoms with E-state index in [0.29, 0.717) is 0 Å². The van der Waals surface area contributed by atoms with E-state index in [2.05, 4.69) is 124 Å². The van der Waals surface area contributed by atoms with Crippen LogP contribution in [0.3, 0.4) is 0 Å². The molecule has 4 aromatic rings. The smallest absolute Gasteiger partial charge is 0.0253 e. The zero-order valence-electron chi connectivity index (χ0n) is 21.5. The van der Waals surface area contributed by atoms with Crippen LogP contribution in [0.2, 0.25) is 0 Å². The molecule has 3 heteroatoms. The van der Waals surface area contributed by atoms with E-state index < -0.39 is 0 Å². The predicted octanol–water partition coefficient (Wildman–Crippen LogP) is 2.08. The second-order valence-corrected chi connectivity index (χ2v) is 10.5. The molecule has 0 amide bonds. The summed E-state index contributed by atoms with van der Waals surface area (Å²) in [6, 6.07) is 31.3. The van der Waals surface area contributed by atoms with Crippen molar-refractivity contribution in [3.63, 3.8) is 0 Å². The summed E-state index contributed by atoms with van der Waals surface area (Å²) in [5, 5.41) is 0. The minimum atomic E-state index is 0. The molecule has 0 bridgehead atoms. The molecular weight excluding hydrogens is 546 g/mol. The van der Waals surface area contributed by atoms with Crippen molar-refractivity contribution >= 4 is 3.71 Å². The zero-order valence-corrected chi connectivity index (χ0v) is 25.5. The third kappa shape index (κ3) is 8.75. The molecule has 0 aliphatic heterocycles. The van der Waals surface area contributed by atoms with Crippen molar-refractivity contribution in [1.29, 1.82) is 0 Å². The maximum atomic E-state index is 3.30. The number of hydrogen-bond donors (Lipinski definition) is 0. The number of hydrogen-bond acceptors (Lipinski definition) is 0. The quantitative estimate of drug-likeness (QED) is 0.267. The van der Waals surface area contributed by atoms with E-state index in [1.807, 2.05) is 6.07 Å². The Hall–Kier alpha value is -1.66. The van der Waals surface area contributed by atoms with Gasteiger partial charge < -0.3 is 24.8 Å². The van der Waals surface area contributed by atoms with Gasteiger partial charge in [-0.05, 0) is 6.42 Å². The Bertz CT molecular complexity index is 1150. The van der Waals surface area contributed by atoms with Crippen LogP contribution < -0.4 is 24.8 Å². The van der Waals surface area contributed by atoms with Crippen molar-refractivity contribution in [2.75, 3.05) is 0 Å². The average Bonchev–Trinajstić information content (AvgIpc) is 3.32. The Morgan fingerprint density at radius 1 is 0.857 bits per heavy atom. The summed E-state index contributed by atoms with van der Waals surface area (Å²) in [5.41, 5.74) is 12.7.